The predicted molar refractivity (Wildman–Crippen MR) is 72.5 cm³/mol. The molecule has 1 saturated heterocycles. The van der Waals surface area contributed by atoms with Gasteiger partial charge in [0.05, 0.1) is 13.2 Å². The number of nitrogens with zero attached hydrogens (tertiary/aromatic N) is 1. The van der Waals surface area contributed by atoms with Crippen LogP contribution in [0.4, 0.5) is 0 Å². The van der Waals surface area contributed by atoms with Crippen molar-refractivity contribution in [1.29, 1.82) is 0 Å². The van der Waals surface area contributed by atoms with E-state index in [4.69, 9.17) is 10.5 Å². The summed E-state index contributed by atoms with van der Waals surface area (Å²) in [6.45, 7) is 5.67. The minimum Gasteiger partial charge on any atom is -0.379 e. The monoisotopic (exact) mass is 246 g/mol. The molecule has 0 bridgehead atoms. The minimum absolute atomic E-state index is 0.317. The molecular weight excluding hydrogens is 224 g/mol. The topological polar surface area (TPSA) is 38.5 Å². The number of nitrogens with two attached hydrogens (primary N) is 1. The van der Waals surface area contributed by atoms with E-state index in [0.717, 1.165) is 39.4 Å². The second-order valence-corrected chi connectivity index (χ2v) is 5.57. The van der Waals surface area contributed by atoms with Crippen LogP contribution in [0, 0.1) is 0 Å². The molecule has 1 saturated carbocycles. The first kappa shape index (κ1) is 12.2. The molecule has 1 aromatic carbocycles. The second kappa shape index (κ2) is 5.00. The van der Waals surface area contributed by atoms with Gasteiger partial charge in [0.2, 0.25) is 0 Å². The summed E-state index contributed by atoms with van der Waals surface area (Å²) in [5, 5.41) is 0. The van der Waals surface area contributed by atoms with Gasteiger partial charge in [-0.05, 0) is 24.0 Å². The van der Waals surface area contributed by atoms with Gasteiger partial charge in [-0.2, -0.15) is 0 Å². The van der Waals surface area contributed by atoms with Crippen molar-refractivity contribution in [3.8, 4) is 0 Å². The SMILES string of the molecule is NCC1(c2ccc(CN3CCOCC3)cc2)CC1. The molecular formula is C15H22N2O. The summed E-state index contributed by atoms with van der Waals surface area (Å²) in [4.78, 5) is 2.45. The molecule has 0 radical (unpaired) electrons. The van der Waals surface area contributed by atoms with Crippen LogP contribution < -0.4 is 5.73 Å². The third-order valence-electron chi connectivity index (χ3n) is 4.32. The van der Waals surface area contributed by atoms with Crippen LogP contribution in [-0.4, -0.2) is 37.7 Å². The molecule has 2 fully saturated rings. The van der Waals surface area contributed by atoms with Crippen molar-refractivity contribution in [1.82, 2.24) is 4.90 Å². The Balaban J connectivity index is 1.64. The summed E-state index contributed by atoms with van der Waals surface area (Å²) in [6, 6.07) is 9.08. The Labute approximate surface area is 109 Å². The van der Waals surface area contributed by atoms with Gasteiger partial charge in [0.15, 0.2) is 0 Å². The quantitative estimate of drug-likeness (QED) is 0.875. The van der Waals surface area contributed by atoms with Gasteiger partial charge >= 0.3 is 0 Å². The minimum atomic E-state index is 0.317. The fourth-order valence-corrected chi connectivity index (χ4v) is 2.74. The summed E-state index contributed by atoms with van der Waals surface area (Å²) < 4.78 is 5.37. The van der Waals surface area contributed by atoms with Crippen molar-refractivity contribution in [3.63, 3.8) is 0 Å². The zero-order valence-corrected chi connectivity index (χ0v) is 10.9. The Kier molecular flexibility index (Phi) is 3.37. The van der Waals surface area contributed by atoms with E-state index in [2.05, 4.69) is 29.2 Å². The largest absolute Gasteiger partial charge is 0.379 e. The number of hydrogen-bond acceptors (Lipinski definition) is 3. The Morgan fingerprint density at radius 3 is 2.33 bits per heavy atom. The third kappa shape index (κ3) is 2.44. The highest BCUT2D eigenvalue weighted by Crippen LogP contribution is 2.47. The molecule has 2 N–H and O–H groups in total. The first-order chi connectivity index (χ1) is 8.82. The lowest BCUT2D eigenvalue weighted by Gasteiger charge is -2.26. The van der Waals surface area contributed by atoms with Gasteiger partial charge in [-0.25, -0.2) is 0 Å². The van der Waals surface area contributed by atoms with Crippen molar-refractivity contribution in [2.24, 2.45) is 5.73 Å². The lowest BCUT2D eigenvalue weighted by atomic mass is 9.95. The lowest BCUT2D eigenvalue weighted by Crippen LogP contribution is -2.35. The van der Waals surface area contributed by atoms with Gasteiger partial charge in [0.25, 0.3) is 0 Å². The average molecular weight is 246 g/mol. The summed E-state index contributed by atoms with van der Waals surface area (Å²) in [5.41, 5.74) is 9.01. The van der Waals surface area contributed by atoms with E-state index < -0.39 is 0 Å². The van der Waals surface area contributed by atoms with Gasteiger partial charge < -0.3 is 10.5 Å². The number of ether oxygens (including phenoxy) is 1. The number of hydrogen-bond donors (Lipinski definition) is 1. The summed E-state index contributed by atoms with van der Waals surface area (Å²) in [6.07, 6.45) is 2.51. The Morgan fingerprint density at radius 2 is 1.78 bits per heavy atom. The molecule has 3 heteroatoms. The smallest absolute Gasteiger partial charge is 0.0594 e. The molecule has 0 aromatic heterocycles. The predicted octanol–water partition coefficient (Wildman–Crippen LogP) is 1.51. The van der Waals surface area contributed by atoms with Crippen LogP contribution in [0.3, 0.4) is 0 Å². The van der Waals surface area contributed by atoms with E-state index in [1.54, 1.807) is 0 Å². The molecule has 0 amide bonds. The fraction of sp³-hybridized carbons (Fsp3) is 0.600. The summed E-state index contributed by atoms with van der Waals surface area (Å²) in [7, 11) is 0. The highest BCUT2D eigenvalue weighted by Gasteiger charge is 2.42. The van der Waals surface area contributed by atoms with Crippen LogP contribution in [-0.2, 0) is 16.7 Å². The van der Waals surface area contributed by atoms with Crippen molar-refractivity contribution in [3.05, 3.63) is 35.4 Å². The maximum Gasteiger partial charge on any atom is 0.0594 e. The number of rotatable bonds is 4. The molecule has 18 heavy (non-hydrogen) atoms. The molecule has 0 unspecified atom stereocenters. The highest BCUT2D eigenvalue weighted by molar-refractivity contribution is 5.34. The molecule has 0 atom stereocenters. The van der Waals surface area contributed by atoms with E-state index >= 15 is 0 Å². The summed E-state index contributed by atoms with van der Waals surface area (Å²) in [5.74, 6) is 0. The van der Waals surface area contributed by atoms with E-state index in [1.807, 2.05) is 0 Å². The lowest BCUT2D eigenvalue weighted by molar-refractivity contribution is 0.0342. The number of morpholine rings is 1. The van der Waals surface area contributed by atoms with Crippen LogP contribution in [0.1, 0.15) is 24.0 Å². The molecule has 1 heterocycles. The van der Waals surface area contributed by atoms with E-state index in [1.165, 1.54) is 24.0 Å². The van der Waals surface area contributed by atoms with Gasteiger partial charge in [0, 0.05) is 31.6 Å². The molecule has 2 aliphatic rings. The second-order valence-electron chi connectivity index (χ2n) is 5.57. The summed E-state index contributed by atoms with van der Waals surface area (Å²) >= 11 is 0. The maximum absolute atomic E-state index is 5.87. The van der Waals surface area contributed by atoms with E-state index in [9.17, 15) is 0 Å². The first-order valence-corrected chi connectivity index (χ1v) is 6.92. The fourth-order valence-electron chi connectivity index (χ4n) is 2.74. The van der Waals surface area contributed by atoms with Gasteiger partial charge in [-0.1, -0.05) is 24.3 Å². The van der Waals surface area contributed by atoms with E-state index in [0.29, 0.717) is 5.41 Å². The van der Waals surface area contributed by atoms with Crippen LogP contribution in [0.5, 0.6) is 0 Å². The molecule has 3 rings (SSSR count). The van der Waals surface area contributed by atoms with Crippen molar-refractivity contribution < 1.29 is 4.74 Å². The Bertz CT molecular complexity index is 391. The molecule has 0 spiro atoms. The standard InChI is InChI=1S/C15H22N2O/c16-12-15(5-6-15)14-3-1-13(2-4-14)11-17-7-9-18-10-8-17/h1-4H,5-12,16H2. The van der Waals surface area contributed by atoms with Crippen molar-refractivity contribution in [2.45, 2.75) is 24.8 Å². The van der Waals surface area contributed by atoms with Crippen molar-refractivity contribution >= 4 is 0 Å². The molecule has 98 valence electrons. The molecule has 3 nitrogen and oxygen atoms in total. The van der Waals surface area contributed by atoms with E-state index in [-0.39, 0.29) is 0 Å². The third-order valence-corrected chi connectivity index (χ3v) is 4.32. The normalized spacial score (nSPS) is 22.9. The molecule has 1 aromatic rings. The van der Waals surface area contributed by atoms with Crippen LogP contribution in [0.15, 0.2) is 24.3 Å². The zero-order chi connectivity index (χ0) is 12.4. The van der Waals surface area contributed by atoms with Gasteiger partial charge in [0.1, 0.15) is 0 Å². The zero-order valence-electron chi connectivity index (χ0n) is 10.9. The molecule has 1 aliphatic heterocycles. The number of benzene rings is 1. The average Bonchev–Trinajstić information content (AvgIpc) is 3.22. The Morgan fingerprint density at radius 1 is 1.11 bits per heavy atom. The van der Waals surface area contributed by atoms with Crippen LogP contribution in [0.2, 0.25) is 0 Å². The van der Waals surface area contributed by atoms with Crippen LogP contribution in [0.25, 0.3) is 0 Å². The maximum atomic E-state index is 5.87. The van der Waals surface area contributed by atoms with Crippen molar-refractivity contribution in [2.75, 3.05) is 32.8 Å². The first-order valence-electron chi connectivity index (χ1n) is 6.92. The van der Waals surface area contributed by atoms with Gasteiger partial charge in [-0.15, -0.1) is 0 Å². The highest BCUT2D eigenvalue weighted by atomic mass is 16.5. The Hall–Kier alpha value is -0.900. The van der Waals surface area contributed by atoms with Gasteiger partial charge in [-0.3, -0.25) is 4.90 Å². The van der Waals surface area contributed by atoms with Crippen LogP contribution >= 0.6 is 0 Å². The molecule has 1 aliphatic carbocycles.